The van der Waals surface area contributed by atoms with Gasteiger partial charge in [-0.15, -0.1) is 5.10 Å². The van der Waals surface area contributed by atoms with Gasteiger partial charge in [0, 0.05) is 11.0 Å². The van der Waals surface area contributed by atoms with Crippen molar-refractivity contribution in [2.75, 3.05) is 0 Å². The molecule has 2 rings (SSSR count). The van der Waals surface area contributed by atoms with Crippen LogP contribution in [-0.4, -0.2) is 15.4 Å². The molecule has 0 bridgehead atoms. The maximum absolute atomic E-state index is 4.73. The second-order valence-corrected chi connectivity index (χ2v) is 2.05. The van der Waals surface area contributed by atoms with Crippen molar-refractivity contribution in [2.24, 2.45) is 0 Å². The van der Waals surface area contributed by atoms with E-state index in [-0.39, 0.29) is 0 Å². The molecule has 2 aromatic rings. The van der Waals surface area contributed by atoms with Gasteiger partial charge in [-0.05, 0) is 19.1 Å². The Balaban J connectivity index is 0.000000336. The molecule has 0 N–H and O–H groups in total. The molecule has 0 fully saturated rings. The van der Waals surface area contributed by atoms with Gasteiger partial charge in [0.2, 0.25) is 0 Å². The molecule has 0 aliphatic carbocycles. The van der Waals surface area contributed by atoms with E-state index in [0.717, 1.165) is 5.69 Å². The predicted octanol–water partition coefficient (Wildman–Crippen LogP) is 1.95. The lowest BCUT2D eigenvalue weighted by Crippen LogP contribution is -1.78. The second-order valence-electron chi connectivity index (χ2n) is 2.05. The van der Waals surface area contributed by atoms with Crippen molar-refractivity contribution >= 4 is 11.2 Å². The number of fused-ring (bicyclic) bond motifs is 1. The van der Waals surface area contributed by atoms with E-state index in [4.69, 9.17) is 4.52 Å². The Hall–Kier alpha value is -1.45. The van der Waals surface area contributed by atoms with E-state index in [0.29, 0.717) is 11.2 Å². The molecule has 4 nitrogen and oxygen atoms in total. The van der Waals surface area contributed by atoms with Crippen LogP contribution in [0, 0.1) is 6.92 Å². The molecule has 0 spiro atoms. The molecule has 12 heavy (non-hydrogen) atoms. The first-order chi connectivity index (χ1) is 5.86. The first kappa shape index (κ1) is 8.64. The van der Waals surface area contributed by atoms with Crippen molar-refractivity contribution in [3.63, 3.8) is 0 Å². The lowest BCUT2D eigenvalue weighted by Gasteiger charge is -1.85. The highest BCUT2D eigenvalue weighted by atomic mass is 16.5. The summed E-state index contributed by atoms with van der Waals surface area (Å²) in [6.07, 6.45) is 0. The van der Waals surface area contributed by atoms with Crippen molar-refractivity contribution in [3.8, 4) is 0 Å². The topological polar surface area (TPSA) is 51.8 Å². The number of hydrogen-bond acceptors (Lipinski definition) is 4. The van der Waals surface area contributed by atoms with Crippen molar-refractivity contribution in [1.29, 1.82) is 0 Å². The molecule has 64 valence electrons. The Labute approximate surface area is 70.6 Å². The quantitative estimate of drug-likeness (QED) is 0.598. The van der Waals surface area contributed by atoms with Gasteiger partial charge in [-0.3, -0.25) is 0 Å². The molecular formula is C8H11N3O. The minimum Gasteiger partial charge on any atom is -0.316 e. The van der Waals surface area contributed by atoms with Crippen LogP contribution in [0.1, 0.15) is 19.5 Å². The molecule has 0 amide bonds. The van der Waals surface area contributed by atoms with E-state index < -0.39 is 0 Å². The van der Waals surface area contributed by atoms with Crippen LogP contribution in [0.3, 0.4) is 0 Å². The van der Waals surface area contributed by atoms with Gasteiger partial charge in [-0.1, -0.05) is 13.8 Å². The molecule has 0 aromatic carbocycles. The Morgan fingerprint density at radius 1 is 1.25 bits per heavy atom. The third kappa shape index (κ3) is 1.58. The Morgan fingerprint density at radius 3 is 2.75 bits per heavy atom. The van der Waals surface area contributed by atoms with E-state index in [1.807, 2.05) is 32.9 Å². The summed E-state index contributed by atoms with van der Waals surface area (Å²) in [6, 6.07) is 3.70. The number of pyridine rings is 1. The number of aryl methyl sites for hydroxylation is 1. The van der Waals surface area contributed by atoms with Crippen LogP contribution in [0.4, 0.5) is 0 Å². The molecule has 0 aliphatic heterocycles. The minimum absolute atomic E-state index is 0.500. The zero-order valence-electron chi connectivity index (χ0n) is 7.40. The highest BCUT2D eigenvalue weighted by molar-refractivity contribution is 5.66. The summed E-state index contributed by atoms with van der Waals surface area (Å²) in [5.74, 6) is 0. The smallest absolute Gasteiger partial charge is 0.278 e. The normalized spacial score (nSPS) is 9.25. The second kappa shape index (κ2) is 3.80. The molecule has 0 aliphatic rings. The van der Waals surface area contributed by atoms with Gasteiger partial charge in [-0.25, -0.2) is 4.98 Å². The van der Waals surface area contributed by atoms with E-state index >= 15 is 0 Å². The highest BCUT2D eigenvalue weighted by Crippen LogP contribution is 2.06. The molecule has 2 aromatic heterocycles. The van der Waals surface area contributed by atoms with Gasteiger partial charge in [-0.2, -0.15) is 0 Å². The Bertz CT molecular complexity index is 356. The zero-order valence-corrected chi connectivity index (χ0v) is 7.40. The largest absolute Gasteiger partial charge is 0.316 e. The fraction of sp³-hybridized carbons (Fsp3) is 0.375. The Kier molecular flexibility index (Phi) is 2.74. The van der Waals surface area contributed by atoms with Crippen LogP contribution >= 0.6 is 0 Å². The maximum Gasteiger partial charge on any atom is 0.278 e. The van der Waals surface area contributed by atoms with Gasteiger partial charge in [0.05, 0.1) is 0 Å². The zero-order chi connectivity index (χ0) is 8.97. The average molecular weight is 165 g/mol. The van der Waals surface area contributed by atoms with E-state index in [9.17, 15) is 0 Å². The Morgan fingerprint density at radius 2 is 2.00 bits per heavy atom. The van der Waals surface area contributed by atoms with Crippen LogP contribution in [0.15, 0.2) is 16.7 Å². The summed E-state index contributed by atoms with van der Waals surface area (Å²) >= 11 is 0. The first-order valence-electron chi connectivity index (χ1n) is 3.92. The highest BCUT2D eigenvalue weighted by Gasteiger charge is 1.98. The third-order valence-corrected chi connectivity index (χ3v) is 1.26. The summed E-state index contributed by atoms with van der Waals surface area (Å²) < 4.78 is 4.73. The van der Waals surface area contributed by atoms with Gasteiger partial charge < -0.3 is 4.52 Å². The van der Waals surface area contributed by atoms with E-state index in [1.54, 1.807) is 0 Å². The number of rotatable bonds is 0. The van der Waals surface area contributed by atoms with Crippen LogP contribution in [-0.2, 0) is 0 Å². The summed E-state index contributed by atoms with van der Waals surface area (Å²) in [6.45, 7) is 5.89. The first-order valence-corrected chi connectivity index (χ1v) is 3.92. The molecule has 0 saturated carbocycles. The molecule has 0 radical (unpaired) electrons. The summed E-state index contributed by atoms with van der Waals surface area (Å²) in [7, 11) is 0. The molecule has 0 saturated heterocycles. The minimum atomic E-state index is 0.500. The summed E-state index contributed by atoms with van der Waals surface area (Å²) in [5, 5.41) is 7.04. The number of hydrogen-bond donors (Lipinski definition) is 0. The van der Waals surface area contributed by atoms with E-state index in [2.05, 4.69) is 15.4 Å². The van der Waals surface area contributed by atoms with Gasteiger partial charge in [0.15, 0.2) is 5.52 Å². The van der Waals surface area contributed by atoms with Crippen LogP contribution < -0.4 is 0 Å². The standard InChI is InChI=1S/C6H5N3O.C2H6/c1-4-2-3-5-6(7-4)10-9-8-5;1-2/h2-3H,1H3;1-2H3. The van der Waals surface area contributed by atoms with Crippen LogP contribution in [0.5, 0.6) is 0 Å². The van der Waals surface area contributed by atoms with Crippen LogP contribution in [0.2, 0.25) is 0 Å². The molecule has 0 unspecified atom stereocenters. The van der Waals surface area contributed by atoms with Crippen molar-refractivity contribution in [1.82, 2.24) is 15.4 Å². The van der Waals surface area contributed by atoms with Crippen LogP contribution in [0.25, 0.3) is 11.2 Å². The third-order valence-electron chi connectivity index (χ3n) is 1.26. The fourth-order valence-corrected chi connectivity index (χ4v) is 0.772. The number of nitrogens with zero attached hydrogens (tertiary/aromatic N) is 3. The molecular weight excluding hydrogens is 154 g/mol. The van der Waals surface area contributed by atoms with Gasteiger partial charge >= 0.3 is 0 Å². The monoisotopic (exact) mass is 165 g/mol. The van der Waals surface area contributed by atoms with Gasteiger partial charge in [0.25, 0.3) is 5.71 Å². The predicted molar refractivity (Wildman–Crippen MR) is 45.7 cm³/mol. The maximum atomic E-state index is 4.73. The lowest BCUT2D eigenvalue weighted by molar-refractivity contribution is 0.417. The van der Waals surface area contributed by atoms with Crippen molar-refractivity contribution < 1.29 is 4.52 Å². The van der Waals surface area contributed by atoms with Crippen molar-refractivity contribution in [3.05, 3.63) is 17.8 Å². The SMILES string of the molecule is CC.Cc1ccc2nnoc2n1. The summed E-state index contributed by atoms with van der Waals surface area (Å²) in [4.78, 5) is 4.04. The lowest BCUT2D eigenvalue weighted by atomic mass is 10.4. The molecule has 0 atom stereocenters. The summed E-state index contributed by atoms with van der Waals surface area (Å²) in [5.41, 5.74) is 2.11. The fourth-order valence-electron chi connectivity index (χ4n) is 0.772. The van der Waals surface area contributed by atoms with E-state index in [1.165, 1.54) is 0 Å². The van der Waals surface area contributed by atoms with Crippen molar-refractivity contribution in [2.45, 2.75) is 20.8 Å². The van der Waals surface area contributed by atoms with Gasteiger partial charge in [0.1, 0.15) is 0 Å². The molecule has 4 heteroatoms. The molecule has 2 heterocycles. The average Bonchev–Trinajstić information content (AvgIpc) is 2.54. The number of aromatic nitrogens is 3.